The summed E-state index contributed by atoms with van der Waals surface area (Å²) in [6.45, 7) is 0.669. The third-order valence-electron chi connectivity index (χ3n) is 8.36. The topological polar surface area (TPSA) is 150 Å². The number of hydrogen-bond donors (Lipinski definition) is 3. The van der Waals surface area contributed by atoms with E-state index in [9.17, 15) is 17.6 Å². The van der Waals surface area contributed by atoms with E-state index in [1.165, 1.54) is 32.4 Å². The Bertz CT molecular complexity index is 2370. The molecule has 1 aliphatic rings. The zero-order chi connectivity index (χ0) is 32.3. The zero-order valence-corrected chi connectivity index (χ0v) is 25.9. The molecule has 11 nitrogen and oxygen atoms in total. The molecule has 0 fully saturated rings. The molecule has 232 valence electrons. The van der Waals surface area contributed by atoms with E-state index in [1.807, 2.05) is 22.8 Å². The fraction of sp³-hybridized carbons (Fsp3) is 0.152. The zero-order valence-electron chi connectivity index (χ0n) is 25.1. The van der Waals surface area contributed by atoms with Gasteiger partial charge in [0.15, 0.2) is 5.76 Å². The average Bonchev–Trinajstić information content (AvgIpc) is 3.77. The first-order chi connectivity index (χ1) is 22.1. The number of allylic oxidation sites excluding steroid dienone is 1. The summed E-state index contributed by atoms with van der Waals surface area (Å²) in [5.41, 5.74) is 5.94. The summed E-state index contributed by atoms with van der Waals surface area (Å²) >= 11 is 0. The quantitative estimate of drug-likeness (QED) is 0.194. The van der Waals surface area contributed by atoms with Crippen molar-refractivity contribution in [2.24, 2.45) is 0 Å². The molecule has 0 aliphatic carbocycles. The molecule has 13 heteroatoms. The molecule has 0 radical (unpaired) electrons. The summed E-state index contributed by atoms with van der Waals surface area (Å²) in [6, 6.07) is 13.9. The van der Waals surface area contributed by atoms with Crippen molar-refractivity contribution in [2.75, 3.05) is 24.7 Å². The summed E-state index contributed by atoms with van der Waals surface area (Å²) in [4.78, 5) is 18.4. The number of benzene rings is 2. The van der Waals surface area contributed by atoms with Gasteiger partial charge in [0, 0.05) is 49.3 Å². The van der Waals surface area contributed by atoms with E-state index < -0.39 is 15.9 Å². The van der Waals surface area contributed by atoms with Gasteiger partial charge in [-0.25, -0.2) is 17.8 Å². The fourth-order valence-electron chi connectivity index (χ4n) is 6.04. The van der Waals surface area contributed by atoms with Crippen molar-refractivity contribution in [3.05, 3.63) is 83.4 Å². The number of nitrogens with zero attached hydrogens (tertiary/aromatic N) is 4. The normalized spacial score (nSPS) is 12.9. The number of anilines is 1. The van der Waals surface area contributed by atoms with Crippen LogP contribution in [0.15, 0.2) is 65.2 Å². The van der Waals surface area contributed by atoms with Crippen LogP contribution in [-0.2, 0) is 23.0 Å². The molecule has 3 N–H and O–H groups in total. The van der Waals surface area contributed by atoms with Gasteiger partial charge in [-0.3, -0.25) is 14.2 Å². The van der Waals surface area contributed by atoms with Gasteiger partial charge in [0.25, 0.3) is 5.91 Å². The summed E-state index contributed by atoms with van der Waals surface area (Å²) in [5.74, 6) is -0.508. The van der Waals surface area contributed by atoms with Crippen molar-refractivity contribution in [3.8, 4) is 34.0 Å². The Hall–Kier alpha value is -5.56. The molecule has 1 amide bonds. The van der Waals surface area contributed by atoms with Gasteiger partial charge in [0.2, 0.25) is 10.0 Å². The van der Waals surface area contributed by atoms with E-state index >= 15 is 0 Å². The average molecular weight is 638 g/mol. The second kappa shape index (κ2) is 10.8. The highest BCUT2D eigenvalue weighted by atomic mass is 32.2. The van der Waals surface area contributed by atoms with Crippen LogP contribution in [0, 0.1) is 11.2 Å². The first kappa shape index (κ1) is 29.2. The molecule has 0 spiro atoms. The second-order valence-corrected chi connectivity index (χ2v) is 13.0. The highest BCUT2D eigenvalue weighted by Gasteiger charge is 2.29. The van der Waals surface area contributed by atoms with Gasteiger partial charge >= 0.3 is 0 Å². The van der Waals surface area contributed by atoms with Crippen LogP contribution in [0.4, 0.5) is 10.1 Å². The molecule has 6 aromatic rings. The number of carbonyl (C=O) groups is 1. The van der Waals surface area contributed by atoms with E-state index in [-0.39, 0.29) is 22.7 Å². The molecule has 7 rings (SSSR count). The van der Waals surface area contributed by atoms with E-state index in [1.54, 1.807) is 30.3 Å². The molecular formula is C33H28FN7O4S. The lowest BCUT2D eigenvalue weighted by atomic mass is 9.98. The third-order valence-corrected chi connectivity index (χ3v) is 9.56. The Kier molecular flexibility index (Phi) is 6.85. The Morgan fingerprint density at radius 1 is 1.17 bits per heavy atom. The number of aromatic nitrogens is 4. The number of nitrogens with one attached hydrogen (secondary N) is 3. The molecule has 46 heavy (non-hydrogen) atoms. The number of fused-ring (bicyclic) bond motifs is 6. The van der Waals surface area contributed by atoms with Crippen molar-refractivity contribution in [2.45, 2.75) is 13.0 Å². The Morgan fingerprint density at radius 3 is 2.76 bits per heavy atom. The predicted molar refractivity (Wildman–Crippen MR) is 176 cm³/mol. The maximum Gasteiger partial charge on any atom is 0.255 e. The highest BCUT2D eigenvalue weighted by molar-refractivity contribution is 7.92. The Labute approximate surface area is 262 Å². The maximum atomic E-state index is 14.8. The van der Waals surface area contributed by atoms with Gasteiger partial charge in [-0.1, -0.05) is 12.1 Å². The van der Waals surface area contributed by atoms with Gasteiger partial charge in [-0.15, -0.1) is 0 Å². The number of hydrogen-bond acceptors (Lipinski definition) is 7. The summed E-state index contributed by atoms with van der Waals surface area (Å²) in [6.07, 6.45) is 7.57. The van der Waals surface area contributed by atoms with Gasteiger partial charge in [-0.2, -0.15) is 5.10 Å². The summed E-state index contributed by atoms with van der Waals surface area (Å²) < 4.78 is 50.0. The van der Waals surface area contributed by atoms with Gasteiger partial charge in [-0.05, 0) is 54.5 Å². The van der Waals surface area contributed by atoms with Crippen LogP contribution in [0.3, 0.4) is 0 Å². The lowest BCUT2D eigenvalue weighted by Gasteiger charge is -2.23. The van der Waals surface area contributed by atoms with E-state index in [0.717, 1.165) is 33.5 Å². The number of furan rings is 1. The molecule has 5 heterocycles. The number of pyridine rings is 1. The number of rotatable bonds is 7. The van der Waals surface area contributed by atoms with Crippen molar-refractivity contribution in [3.63, 3.8) is 0 Å². The smallest absolute Gasteiger partial charge is 0.255 e. The number of sulfonamides is 1. The predicted octanol–water partition coefficient (Wildman–Crippen LogP) is 5.62. The molecule has 0 atom stereocenters. The summed E-state index contributed by atoms with van der Waals surface area (Å²) in [7, 11) is -0.781. The van der Waals surface area contributed by atoms with E-state index in [4.69, 9.17) is 14.8 Å². The molecule has 0 unspecified atom stereocenters. The van der Waals surface area contributed by atoms with Gasteiger partial charge in [0.05, 0.1) is 57.6 Å². The van der Waals surface area contributed by atoms with Crippen LogP contribution in [0.5, 0.6) is 0 Å². The van der Waals surface area contributed by atoms with E-state index in [0.29, 0.717) is 57.6 Å². The van der Waals surface area contributed by atoms with Crippen molar-refractivity contribution >= 4 is 55.8 Å². The number of amides is 1. The lowest BCUT2D eigenvalue weighted by Crippen LogP contribution is -2.25. The number of carbonyl (C=O) groups excluding carboxylic acids is 1. The lowest BCUT2D eigenvalue weighted by molar-refractivity contribution is 0.0964. The molecule has 0 saturated carbocycles. The number of aryl methyl sites for hydroxylation is 2. The molecule has 4 aromatic heterocycles. The van der Waals surface area contributed by atoms with Crippen molar-refractivity contribution in [1.82, 2.24) is 25.1 Å². The van der Waals surface area contributed by atoms with Crippen molar-refractivity contribution < 1.29 is 22.0 Å². The van der Waals surface area contributed by atoms with Crippen LogP contribution in [0.25, 0.3) is 61.9 Å². The van der Waals surface area contributed by atoms with Crippen molar-refractivity contribution in [1.29, 1.82) is 5.41 Å². The largest absolute Gasteiger partial charge is 0.455 e. The maximum absolute atomic E-state index is 14.8. The molecule has 2 aromatic carbocycles. The van der Waals surface area contributed by atoms with Crippen LogP contribution in [0.2, 0.25) is 0 Å². The number of H-pyrrole nitrogens is 1. The molecular weight excluding hydrogens is 609 g/mol. The fourth-order valence-corrected chi connectivity index (χ4v) is 6.55. The Balaban J connectivity index is 1.49. The minimum atomic E-state index is -3.73. The highest BCUT2D eigenvalue weighted by Crippen LogP contribution is 2.43. The van der Waals surface area contributed by atoms with Gasteiger partial charge < -0.3 is 19.7 Å². The third kappa shape index (κ3) is 4.58. The van der Waals surface area contributed by atoms with Crippen LogP contribution < -0.4 is 9.62 Å². The number of halogens is 1. The first-order valence-electron chi connectivity index (χ1n) is 14.4. The SMILES string of the molecule is CNC(=O)c1c(-c2cn[nH]c2C=CC=N)oc2cc(N(C)S(C)(=O)=O)c(-c3ccc4c(n3)-c3cc5c(F)cccc5n3CC4)cc12. The Morgan fingerprint density at radius 2 is 2.00 bits per heavy atom. The van der Waals surface area contributed by atoms with Gasteiger partial charge in [0.1, 0.15) is 11.4 Å². The van der Waals surface area contributed by atoms with Crippen LogP contribution in [0.1, 0.15) is 21.6 Å². The molecule has 0 bridgehead atoms. The van der Waals surface area contributed by atoms with E-state index in [2.05, 4.69) is 15.5 Å². The minimum Gasteiger partial charge on any atom is -0.455 e. The molecule has 0 saturated heterocycles. The minimum absolute atomic E-state index is 0.225. The monoisotopic (exact) mass is 637 g/mol. The first-order valence-corrected chi connectivity index (χ1v) is 16.2. The standard InChI is InChI=1S/C33H28FN7O4S/c1-36-33(42)30-21-14-20(24-10-9-18-11-13-41-26-8-4-6-23(34)19(26)15-28(41)31(18)38-24)27(40(2)46(3,43)44)16-29(21)45-32(30)22-17-37-39-25(22)7-5-12-35/h4-10,12,14-17,35H,11,13H2,1-3H3,(H,36,42)(H,37,39). The summed E-state index contributed by atoms with van der Waals surface area (Å²) in [5, 5.41) is 17.9. The number of aromatic amines is 1. The van der Waals surface area contributed by atoms with Crippen LogP contribution >= 0.6 is 0 Å². The van der Waals surface area contributed by atoms with Crippen LogP contribution in [-0.4, -0.2) is 60.6 Å². The second-order valence-electron chi connectivity index (χ2n) is 11.0. The molecule has 1 aliphatic heterocycles.